The van der Waals surface area contributed by atoms with Crippen LogP contribution in [0.25, 0.3) is 88.0 Å². The van der Waals surface area contributed by atoms with Gasteiger partial charge in [0.1, 0.15) is 0 Å². The van der Waals surface area contributed by atoms with Crippen LogP contribution in [-0.4, -0.2) is 9.13 Å². The van der Waals surface area contributed by atoms with Crippen molar-refractivity contribution in [2.45, 2.75) is 0 Å². The molecule has 3 heteroatoms. The van der Waals surface area contributed by atoms with Gasteiger partial charge in [-0.2, -0.15) is 0 Å². The van der Waals surface area contributed by atoms with Gasteiger partial charge in [0, 0.05) is 55.4 Å². The number of fused-ring (bicyclic) bond motifs is 8. The van der Waals surface area contributed by atoms with E-state index in [1.54, 1.807) is 0 Å². The van der Waals surface area contributed by atoms with Gasteiger partial charge in [0.25, 0.3) is 0 Å². The number of benzene rings is 10. The fourth-order valence-corrected chi connectivity index (χ4v) is 9.44. The Hall–Kier alpha value is -8.14. The summed E-state index contributed by atoms with van der Waals surface area (Å²) >= 11 is 0. The van der Waals surface area contributed by atoms with Gasteiger partial charge in [-0.1, -0.05) is 158 Å². The van der Waals surface area contributed by atoms with Crippen LogP contribution in [-0.2, 0) is 0 Å². The number of para-hydroxylation sites is 3. The van der Waals surface area contributed by atoms with E-state index in [0.29, 0.717) is 0 Å². The van der Waals surface area contributed by atoms with E-state index in [2.05, 4.69) is 251 Å². The van der Waals surface area contributed by atoms with Crippen molar-refractivity contribution in [3.8, 4) is 33.6 Å². The second kappa shape index (κ2) is 14.3. The maximum Gasteiger partial charge on any atom is 0.0619 e. The minimum Gasteiger partial charge on any atom is -0.310 e. The average molecular weight is 778 g/mol. The molecule has 0 saturated carbocycles. The number of aromatic nitrogens is 2. The van der Waals surface area contributed by atoms with Crippen LogP contribution in [0.15, 0.2) is 237 Å². The van der Waals surface area contributed by atoms with Crippen molar-refractivity contribution >= 4 is 71.4 Å². The Morgan fingerprint density at radius 2 is 0.721 bits per heavy atom. The summed E-state index contributed by atoms with van der Waals surface area (Å²) in [6.07, 6.45) is 0. The molecule has 2 heterocycles. The number of hydrogen-bond donors (Lipinski definition) is 0. The van der Waals surface area contributed by atoms with Crippen LogP contribution in [0.4, 0.5) is 17.1 Å². The fraction of sp³-hybridized carbons (Fsp3) is 0. The lowest BCUT2D eigenvalue weighted by Crippen LogP contribution is -2.10. The van der Waals surface area contributed by atoms with E-state index in [4.69, 9.17) is 0 Å². The molecule has 286 valence electrons. The molecule has 0 amide bonds. The van der Waals surface area contributed by atoms with Crippen LogP contribution in [0.5, 0.6) is 0 Å². The van der Waals surface area contributed by atoms with Crippen LogP contribution in [0.3, 0.4) is 0 Å². The lowest BCUT2D eigenvalue weighted by atomic mass is 10.0. The Balaban J connectivity index is 0.950. The highest BCUT2D eigenvalue weighted by molar-refractivity contribution is 6.18. The molecular weight excluding hydrogens is 739 g/mol. The van der Waals surface area contributed by atoms with Gasteiger partial charge >= 0.3 is 0 Å². The van der Waals surface area contributed by atoms with Crippen molar-refractivity contribution in [2.24, 2.45) is 0 Å². The van der Waals surface area contributed by atoms with E-state index in [9.17, 15) is 0 Å². The van der Waals surface area contributed by atoms with Gasteiger partial charge in [-0.15, -0.1) is 0 Å². The SMILES string of the molecule is c1ccc(-c2ccc(N(c3ccc(-c4ccc(-n5c6ccccc6c6ccc7ccccc7c65)cc4)cc3)c3ccc4c(c3)c3ccccc3n4-c3ccccc3)cc2)cc1. The molecule has 0 aliphatic carbocycles. The summed E-state index contributed by atoms with van der Waals surface area (Å²) in [4.78, 5) is 2.38. The van der Waals surface area contributed by atoms with Gasteiger partial charge < -0.3 is 14.0 Å². The summed E-state index contributed by atoms with van der Waals surface area (Å²) in [7, 11) is 0. The first-order valence-corrected chi connectivity index (χ1v) is 20.9. The minimum absolute atomic E-state index is 1.09. The molecule has 12 rings (SSSR count). The third kappa shape index (κ3) is 5.82. The summed E-state index contributed by atoms with van der Waals surface area (Å²) in [6.45, 7) is 0. The largest absolute Gasteiger partial charge is 0.310 e. The maximum atomic E-state index is 2.43. The molecular formula is C58H39N3. The van der Waals surface area contributed by atoms with Crippen LogP contribution in [0.2, 0.25) is 0 Å². The van der Waals surface area contributed by atoms with E-state index in [0.717, 1.165) is 28.4 Å². The molecule has 0 atom stereocenters. The van der Waals surface area contributed by atoms with Gasteiger partial charge in [0.2, 0.25) is 0 Å². The quantitative estimate of drug-likeness (QED) is 0.157. The van der Waals surface area contributed by atoms with Crippen molar-refractivity contribution in [1.29, 1.82) is 0 Å². The molecule has 0 unspecified atom stereocenters. The molecule has 0 saturated heterocycles. The zero-order valence-corrected chi connectivity index (χ0v) is 33.4. The summed E-state index contributed by atoms with van der Waals surface area (Å²) in [5.74, 6) is 0. The van der Waals surface area contributed by atoms with Gasteiger partial charge in [-0.3, -0.25) is 0 Å². The standard InChI is InChI=1S/C58H39N3/c1-3-13-40(14-4-1)41-23-30-46(31-24-41)59(49-36-38-57-54(39-49)52-20-10-11-21-55(52)60(57)45-16-5-2-6-17-45)47-32-25-42(26-33-47)43-27-34-48(35-28-43)61-56-22-12-9-19-51(56)53-37-29-44-15-7-8-18-50(44)58(53)61/h1-39H. The van der Waals surface area contributed by atoms with Crippen LogP contribution < -0.4 is 4.90 Å². The van der Waals surface area contributed by atoms with Gasteiger partial charge in [0.05, 0.1) is 22.1 Å². The lowest BCUT2D eigenvalue weighted by molar-refractivity contribution is 1.18. The molecule has 0 radical (unpaired) electrons. The topological polar surface area (TPSA) is 13.1 Å². The Bertz CT molecular complexity index is 3540. The molecule has 0 bridgehead atoms. The zero-order chi connectivity index (χ0) is 40.3. The Labute approximate surface area is 354 Å². The number of rotatable bonds is 7. The number of hydrogen-bond acceptors (Lipinski definition) is 1. The van der Waals surface area contributed by atoms with Crippen LogP contribution >= 0.6 is 0 Å². The first kappa shape index (κ1) is 34.9. The fourth-order valence-electron chi connectivity index (χ4n) is 9.44. The second-order valence-corrected chi connectivity index (χ2v) is 15.8. The monoisotopic (exact) mass is 777 g/mol. The van der Waals surface area contributed by atoms with E-state index in [1.807, 2.05) is 0 Å². The second-order valence-electron chi connectivity index (χ2n) is 15.8. The van der Waals surface area contributed by atoms with Gasteiger partial charge in [-0.05, 0) is 107 Å². The molecule has 0 spiro atoms. The number of anilines is 3. The number of nitrogens with zero attached hydrogens (tertiary/aromatic N) is 3. The Morgan fingerprint density at radius 3 is 1.38 bits per heavy atom. The molecule has 0 N–H and O–H groups in total. The Kier molecular flexibility index (Phi) is 8.17. The molecule has 12 aromatic rings. The summed E-state index contributed by atoms with van der Waals surface area (Å²) in [6, 6.07) is 85.8. The Morgan fingerprint density at radius 1 is 0.262 bits per heavy atom. The third-order valence-corrected chi connectivity index (χ3v) is 12.3. The molecule has 10 aromatic carbocycles. The van der Waals surface area contributed by atoms with E-state index in [-0.39, 0.29) is 0 Å². The molecule has 61 heavy (non-hydrogen) atoms. The predicted octanol–water partition coefficient (Wildman–Crippen LogP) is 15.8. The zero-order valence-electron chi connectivity index (χ0n) is 33.4. The highest BCUT2D eigenvalue weighted by Crippen LogP contribution is 2.42. The van der Waals surface area contributed by atoms with Crippen molar-refractivity contribution < 1.29 is 0 Å². The highest BCUT2D eigenvalue weighted by Gasteiger charge is 2.19. The molecule has 0 aliphatic heterocycles. The van der Waals surface area contributed by atoms with Crippen LogP contribution in [0.1, 0.15) is 0 Å². The first-order chi connectivity index (χ1) is 30.3. The summed E-state index contributed by atoms with van der Waals surface area (Å²) in [5, 5.41) is 7.50. The maximum absolute atomic E-state index is 2.43. The van der Waals surface area contributed by atoms with E-state index < -0.39 is 0 Å². The predicted molar refractivity (Wildman–Crippen MR) is 258 cm³/mol. The molecule has 2 aromatic heterocycles. The molecule has 0 fully saturated rings. The minimum atomic E-state index is 1.09. The average Bonchev–Trinajstić information content (AvgIpc) is 3.86. The molecule has 3 nitrogen and oxygen atoms in total. The van der Waals surface area contributed by atoms with Crippen molar-refractivity contribution in [3.05, 3.63) is 237 Å². The smallest absolute Gasteiger partial charge is 0.0619 e. The van der Waals surface area contributed by atoms with Gasteiger partial charge in [-0.25, -0.2) is 0 Å². The third-order valence-electron chi connectivity index (χ3n) is 12.3. The van der Waals surface area contributed by atoms with E-state index >= 15 is 0 Å². The van der Waals surface area contributed by atoms with Crippen molar-refractivity contribution in [3.63, 3.8) is 0 Å². The van der Waals surface area contributed by atoms with Crippen molar-refractivity contribution in [1.82, 2.24) is 9.13 Å². The summed E-state index contributed by atoms with van der Waals surface area (Å²) in [5.41, 5.74) is 15.2. The lowest BCUT2D eigenvalue weighted by Gasteiger charge is -2.26. The molecule has 0 aliphatic rings. The normalized spacial score (nSPS) is 11.6. The first-order valence-electron chi connectivity index (χ1n) is 20.9. The summed E-state index contributed by atoms with van der Waals surface area (Å²) < 4.78 is 4.80. The van der Waals surface area contributed by atoms with Gasteiger partial charge in [0.15, 0.2) is 0 Å². The van der Waals surface area contributed by atoms with Crippen LogP contribution in [0, 0.1) is 0 Å². The van der Waals surface area contributed by atoms with Crippen molar-refractivity contribution in [2.75, 3.05) is 4.90 Å². The van der Waals surface area contributed by atoms with E-state index in [1.165, 1.54) is 76.6 Å². The highest BCUT2D eigenvalue weighted by atomic mass is 15.1.